The van der Waals surface area contributed by atoms with E-state index < -0.39 is 0 Å². The third-order valence-corrected chi connectivity index (χ3v) is 8.53. The molecule has 2 aromatic heterocycles. The van der Waals surface area contributed by atoms with E-state index in [1.54, 1.807) is 22.7 Å². The number of aliphatic hydroxyl groups is 2. The highest BCUT2D eigenvalue weighted by Crippen LogP contribution is 2.51. The summed E-state index contributed by atoms with van der Waals surface area (Å²) in [6.45, 7) is 13.8. The average molecular weight is 427 g/mol. The molecule has 0 saturated carbocycles. The highest BCUT2D eigenvalue weighted by molar-refractivity contribution is 7.23. The molecule has 0 fully saturated rings. The van der Waals surface area contributed by atoms with Crippen LogP contribution in [0.5, 0.6) is 11.5 Å². The summed E-state index contributed by atoms with van der Waals surface area (Å²) < 4.78 is 11.8. The van der Waals surface area contributed by atoms with E-state index >= 15 is 0 Å². The van der Waals surface area contributed by atoms with Gasteiger partial charge in [-0.15, -0.1) is 22.7 Å². The molecule has 4 nitrogen and oxygen atoms in total. The van der Waals surface area contributed by atoms with Gasteiger partial charge in [0.1, 0.15) is 24.7 Å². The Morgan fingerprint density at radius 3 is 1.39 bits per heavy atom. The van der Waals surface area contributed by atoms with Crippen LogP contribution in [0.1, 0.15) is 64.1 Å². The number of hydrogen-bond donors (Lipinski definition) is 2. The second kappa shape index (κ2) is 9.61. The lowest BCUT2D eigenvalue weighted by Crippen LogP contribution is -2.13. The van der Waals surface area contributed by atoms with Crippen LogP contribution >= 0.6 is 22.7 Å². The quantitative estimate of drug-likeness (QED) is 0.491. The maximum atomic E-state index is 9.24. The zero-order valence-corrected chi connectivity index (χ0v) is 19.6. The van der Waals surface area contributed by atoms with E-state index in [9.17, 15) is 10.2 Å². The number of aliphatic hydroxyl groups excluding tert-OH is 2. The highest BCUT2D eigenvalue weighted by atomic mass is 32.1. The maximum absolute atomic E-state index is 9.24. The van der Waals surface area contributed by atoms with Gasteiger partial charge in [0.2, 0.25) is 0 Å². The normalized spacial score (nSPS) is 12.4. The van der Waals surface area contributed by atoms with Crippen molar-refractivity contribution in [1.29, 1.82) is 0 Å². The van der Waals surface area contributed by atoms with E-state index in [0.29, 0.717) is 0 Å². The first-order chi connectivity index (χ1) is 13.2. The standard InChI is InChI=1S/C22H34O4S2/c1-7-21(3,4)17-13-15(25-11-9-23)19(27-17)20-16(26-12-10-24)14-18(28-20)22(5,6)8-2/h13-14,23-24H,7-12H2,1-6H3. The molecule has 0 unspecified atom stereocenters. The lowest BCUT2D eigenvalue weighted by molar-refractivity contribution is 0.200. The summed E-state index contributed by atoms with van der Waals surface area (Å²) in [4.78, 5) is 4.61. The molecule has 158 valence electrons. The predicted molar refractivity (Wildman–Crippen MR) is 119 cm³/mol. The Morgan fingerprint density at radius 2 is 1.11 bits per heavy atom. The molecule has 28 heavy (non-hydrogen) atoms. The van der Waals surface area contributed by atoms with E-state index in [4.69, 9.17) is 9.47 Å². The molecule has 6 heteroatoms. The molecule has 0 radical (unpaired) electrons. The van der Waals surface area contributed by atoms with Crippen LogP contribution in [0.3, 0.4) is 0 Å². The minimum atomic E-state index is -0.0196. The SMILES string of the molecule is CCC(C)(C)c1cc(OCCO)c(-c2sc(C(C)(C)CC)cc2OCCO)s1. The lowest BCUT2D eigenvalue weighted by atomic mass is 9.88. The second-order valence-corrected chi connectivity index (χ2v) is 10.3. The van der Waals surface area contributed by atoms with Gasteiger partial charge in [0, 0.05) is 9.75 Å². The molecule has 0 spiro atoms. The molecule has 0 bridgehead atoms. The highest BCUT2D eigenvalue weighted by Gasteiger charge is 2.29. The van der Waals surface area contributed by atoms with Crippen LogP contribution in [-0.4, -0.2) is 36.6 Å². The first-order valence-corrected chi connectivity index (χ1v) is 11.6. The number of ether oxygens (including phenoxy) is 2. The minimum Gasteiger partial charge on any atom is -0.490 e. The molecule has 0 atom stereocenters. The smallest absolute Gasteiger partial charge is 0.139 e. The third kappa shape index (κ3) is 5.09. The molecule has 0 aliphatic heterocycles. The van der Waals surface area contributed by atoms with E-state index in [1.807, 2.05) is 0 Å². The Hall–Kier alpha value is -1.08. The van der Waals surface area contributed by atoms with Crippen LogP contribution in [-0.2, 0) is 10.8 Å². The Balaban J connectivity index is 2.60. The summed E-state index contributed by atoms with van der Waals surface area (Å²) in [7, 11) is 0. The van der Waals surface area contributed by atoms with Crippen molar-refractivity contribution in [2.75, 3.05) is 26.4 Å². The van der Waals surface area contributed by atoms with Crippen molar-refractivity contribution in [2.24, 2.45) is 0 Å². The minimum absolute atomic E-state index is 0.0196. The molecule has 2 rings (SSSR count). The lowest BCUT2D eigenvalue weighted by Gasteiger charge is -2.20. The van der Waals surface area contributed by atoms with E-state index in [-0.39, 0.29) is 37.3 Å². The topological polar surface area (TPSA) is 58.9 Å². The molecular formula is C22H34O4S2. The summed E-state index contributed by atoms with van der Waals surface area (Å²) in [5.41, 5.74) is 0.101. The van der Waals surface area contributed by atoms with Crippen LogP contribution in [0.4, 0.5) is 0 Å². The van der Waals surface area contributed by atoms with Crippen LogP contribution in [0.25, 0.3) is 9.75 Å². The Kier molecular flexibility index (Phi) is 7.97. The van der Waals surface area contributed by atoms with Gasteiger partial charge in [-0.25, -0.2) is 0 Å². The summed E-state index contributed by atoms with van der Waals surface area (Å²) >= 11 is 3.47. The maximum Gasteiger partial charge on any atom is 0.139 e. The van der Waals surface area contributed by atoms with Gasteiger partial charge in [-0.05, 0) is 35.8 Å². The second-order valence-electron chi connectivity index (χ2n) is 8.23. The Bertz CT molecular complexity index is 694. The molecule has 0 aliphatic carbocycles. The zero-order chi connectivity index (χ0) is 20.9. The first kappa shape index (κ1) is 23.2. The van der Waals surface area contributed by atoms with Gasteiger partial charge in [0.15, 0.2) is 0 Å². The van der Waals surface area contributed by atoms with Crippen molar-refractivity contribution in [3.63, 3.8) is 0 Å². The molecule has 2 heterocycles. The summed E-state index contributed by atoms with van der Waals surface area (Å²) in [6.07, 6.45) is 2.05. The van der Waals surface area contributed by atoms with E-state index in [1.165, 1.54) is 9.75 Å². The molecule has 0 aliphatic rings. The largest absolute Gasteiger partial charge is 0.490 e. The summed E-state index contributed by atoms with van der Waals surface area (Å²) in [6, 6.07) is 4.22. The molecule has 0 amide bonds. The van der Waals surface area contributed by atoms with E-state index in [2.05, 4.69) is 53.7 Å². The third-order valence-electron chi connectivity index (χ3n) is 5.40. The fourth-order valence-corrected chi connectivity index (χ4v) is 5.29. The van der Waals surface area contributed by atoms with Crippen molar-refractivity contribution in [1.82, 2.24) is 0 Å². The summed E-state index contributed by atoms with van der Waals surface area (Å²) in [5.74, 6) is 1.60. The number of hydrogen-bond acceptors (Lipinski definition) is 6. The monoisotopic (exact) mass is 426 g/mol. The van der Waals surface area contributed by atoms with Crippen molar-refractivity contribution in [3.8, 4) is 21.3 Å². The van der Waals surface area contributed by atoms with Gasteiger partial charge < -0.3 is 19.7 Å². The molecule has 2 N–H and O–H groups in total. The predicted octanol–water partition coefficient (Wildman–Crippen LogP) is 5.59. The average Bonchev–Trinajstić information content (AvgIpc) is 3.29. The van der Waals surface area contributed by atoms with Crippen LogP contribution in [0.15, 0.2) is 12.1 Å². The van der Waals surface area contributed by atoms with E-state index in [0.717, 1.165) is 34.1 Å². The van der Waals surface area contributed by atoms with Gasteiger partial charge in [0.05, 0.1) is 23.0 Å². The van der Waals surface area contributed by atoms with Gasteiger partial charge in [0.25, 0.3) is 0 Å². The zero-order valence-electron chi connectivity index (χ0n) is 17.9. The molecular weight excluding hydrogens is 392 g/mol. The number of thiophene rings is 2. The van der Waals surface area contributed by atoms with Gasteiger partial charge in [-0.1, -0.05) is 41.5 Å². The van der Waals surface area contributed by atoms with Gasteiger partial charge in [-0.3, -0.25) is 0 Å². The Morgan fingerprint density at radius 1 is 0.750 bits per heavy atom. The van der Waals surface area contributed by atoms with Gasteiger partial charge in [-0.2, -0.15) is 0 Å². The first-order valence-electron chi connectivity index (χ1n) is 9.96. The fraction of sp³-hybridized carbons (Fsp3) is 0.636. The number of rotatable bonds is 11. The van der Waals surface area contributed by atoms with Gasteiger partial charge >= 0.3 is 0 Å². The molecule has 0 saturated heterocycles. The fourth-order valence-electron chi connectivity index (χ4n) is 2.61. The Labute approximate surface area is 177 Å². The van der Waals surface area contributed by atoms with Crippen LogP contribution in [0, 0.1) is 0 Å². The molecule has 2 aromatic rings. The van der Waals surface area contributed by atoms with Crippen LogP contribution < -0.4 is 9.47 Å². The van der Waals surface area contributed by atoms with Crippen molar-refractivity contribution in [2.45, 2.75) is 65.2 Å². The van der Waals surface area contributed by atoms with Crippen molar-refractivity contribution in [3.05, 3.63) is 21.9 Å². The molecule has 0 aromatic carbocycles. The van der Waals surface area contributed by atoms with Crippen molar-refractivity contribution >= 4 is 22.7 Å². The van der Waals surface area contributed by atoms with Crippen molar-refractivity contribution < 1.29 is 19.7 Å². The van der Waals surface area contributed by atoms with Crippen LogP contribution in [0.2, 0.25) is 0 Å². The summed E-state index contributed by atoms with van der Waals surface area (Å²) in [5, 5.41) is 18.5.